The maximum absolute atomic E-state index is 12.9. The maximum Gasteiger partial charge on any atom is 0.324 e. The SMILES string of the molecule is CC(=O)NCC(=O)N1CCC(Cc2ccc(NC(=O)Nc3cc(C(C)(C)C)nn3-c3ccc(C)cc3)cc2)CC1. The Kier molecular flexibility index (Phi) is 8.92. The Balaban J connectivity index is 1.32. The molecule has 1 aliphatic heterocycles. The van der Waals surface area contributed by atoms with Crippen LogP contribution in [0.5, 0.6) is 0 Å². The minimum absolute atomic E-state index is 0.0288. The smallest absolute Gasteiger partial charge is 0.324 e. The van der Waals surface area contributed by atoms with Crippen LogP contribution in [0, 0.1) is 12.8 Å². The molecular weight excluding hydrogens is 504 g/mol. The lowest BCUT2D eigenvalue weighted by Crippen LogP contribution is -2.44. The van der Waals surface area contributed by atoms with Crippen molar-refractivity contribution < 1.29 is 14.4 Å². The molecule has 1 aliphatic rings. The fourth-order valence-electron chi connectivity index (χ4n) is 4.75. The van der Waals surface area contributed by atoms with Crippen LogP contribution in [0.4, 0.5) is 16.3 Å². The van der Waals surface area contributed by atoms with Crippen molar-refractivity contribution in [3.05, 3.63) is 71.4 Å². The second kappa shape index (κ2) is 12.4. The Morgan fingerprint density at radius 3 is 2.20 bits per heavy atom. The number of amides is 4. The zero-order chi connectivity index (χ0) is 28.9. The van der Waals surface area contributed by atoms with Gasteiger partial charge in [0.2, 0.25) is 11.8 Å². The zero-order valence-electron chi connectivity index (χ0n) is 24.1. The largest absolute Gasteiger partial charge is 0.347 e. The van der Waals surface area contributed by atoms with Gasteiger partial charge in [0.15, 0.2) is 0 Å². The van der Waals surface area contributed by atoms with E-state index in [9.17, 15) is 14.4 Å². The number of rotatable bonds is 7. The van der Waals surface area contributed by atoms with Crippen molar-refractivity contribution in [1.82, 2.24) is 20.0 Å². The fourth-order valence-corrected chi connectivity index (χ4v) is 4.75. The van der Waals surface area contributed by atoms with E-state index >= 15 is 0 Å². The highest BCUT2D eigenvalue weighted by Crippen LogP contribution is 2.27. The van der Waals surface area contributed by atoms with E-state index in [-0.39, 0.29) is 29.8 Å². The van der Waals surface area contributed by atoms with Crippen molar-refractivity contribution in [1.29, 1.82) is 0 Å². The molecule has 2 heterocycles. The molecular formula is C31H40N6O3. The first kappa shape index (κ1) is 28.9. The first-order valence-electron chi connectivity index (χ1n) is 13.8. The van der Waals surface area contributed by atoms with Gasteiger partial charge in [0, 0.05) is 37.2 Å². The standard InChI is InChI=1S/C31H40N6O3/c1-21-6-12-26(13-7-21)37-28(19-27(35-37)31(3,4)5)34-30(40)33-25-10-8-23(9-11-25)18-24-14-16-36(17-15-24)29(39)20-32-22(2)38/h6-13,19,24H,14-18,20H2,1-5H3,(H,32,38)(H2,33,34,40). The monoisotopic (exact) mass is 544 g/mol. The molecule has 1 saturated heterocycles. The van der Waals surface area contributed by atoms with Crippen LogP contribution in [0.1, 0.15) is 57.4 Å². The Morgan fingerprint density at radius 2 is 1.60 bits per heavy atom. The van der Waals surface area contributed by atoms with Crippen molar-refractivity contribution in [3.63, 3.8) is 0 Å². The number of hydrogen-bond donors (Lipinski definition) is 3. The van der Waals surface area contributed by atoms with Crippen LogP contribution >= 0.6 is 0 Å². The number of benzene rings is 2. The molecule has 0 unspecified atom stereocenters. The zero-order valence-corrected chi connectivity index (χ0v) is 24.1. The van der Waals surface area contributed by atoms with Crippen LogP contribution in [0.25, 0.3) is 5.69 Å². The maximum atomic E-state index is 12.9. The quantitative estimate of drug-likeness (QED) is 0.387. The predicted octanol–water partition coefficient (Wildman–Crippen LogP) is 5.04. The molecule has 212 valence electrons. The Morgan fingerprint density at radius 1 is 0.950 bits per heavy atom. The number of likely N-dealkylation sites (tertiary alicyclic amines) is 1. The van der Waals surface area contributed by atoms with Crippen molar-refractivity contribution >= 4 is 29.4 Å². The molecule has 4 amide bonds. The number of hydrogen-bond acceptors (Lipinski definition) is 4. The minimum Gasteiger partial charge on any atom is -0.347 e. The number of nitrogens with one attached hydrogen (secondary N) is 3. The van der Waals surface area contributed by atoms with Gasteiger partial charge in [-0.05, 0) is 61.9 Å². The number of carbonyl (C=O) groups is 3. The van der Waals surface area contributed by atoms with Crippen LogP contribution in [0.3, 0.4) is 0 Å². The van der Waals surface area contributed by atoms with E-state index in [0.29, 0.717) is 30.5 Å². The summed E-state index contributed by atoms with van der Waals surface area (Å²) >= 11 is 0. The first-order chi connectivity index (χ1) is 19.0. The number of urea groups is 1. The number of piperidine rings is 1. The van der Waals surface area contributed by atoms with Gasteiger partial charge in [-0.1, -0.05) is 50.6 Å². The number of aryl methyl sites for hydroxylation is 1. The number of anilines is 2. The minimum atomic E-state index is -0.335. The van der Waals surface area contributed by atoms with Crippen molar-refractivity contribution in [2.24, 2.45) is 5.92 Å². The van der Waals surface area contributed by atoms with E-state index in [1.54, 1.807) is 4.68 Å². The Bertz CT molecular complexity index is 1330. The average molecular weight is 545 g/mol. The second-order valence-corrected chi connectivity index (χ2v) is 11.6. The third-order valence-corrected chi connectivity index (χ3v) is 7.19. The molecule has 9 nitrogen and oxygen atoms in total. The molecule has 1 aromatic heterocycles. The van der Waals surface area contributed by atoms with Crippen molar-refractivity contribution in [2.45, 2.75) is 59.3 Å². The normalized spacial score (nSPS) is 14.1. The van der Waals surface area contributed by atoms with E-state index in [2.05, 4.69) is 36.7 Å². The van der Waals surface area contributed by atoms with Gasteiger partial charge in [-0.15, -0.1) is 0 Å². The van der Waals surface area contributed by atoms with Gasteiger partial charge in [-0.3, -0.25) is 14.9 Å². The lowest BCUT2D eigenvalue weighted by atomic mass is 9.90. The van der Waals surface area contributed by atoms with Crippen LogP contribution in [0.15, 0.2) is 54.6 Å². The molecule has 0 radical (unpaired) electrons. The van der Waals surface area contributed by atoms with E-state index < -0.39 is 0 Å². The molecule has 4 rings (SSSR count). The lowest BCUT2D eigenvalue weighted by molar-refractivity contribution is -0.133. The molecule has 0 saturated carbocycles. The fraction of sp³-hybridized carbons (Fsp3) is 0.419. The summed E-state index contributed by atoms with van der Waals surface area (Å²) in [6, 6.07) is 17.5. The summed E-state index contributed by atoms with van der Waals surface area (Å²) in [5.41, 5.74) is 4.65. The molecule has 9 heteroatoms. The number of aromatic nitrogens is 2. The van der Waals surface area contributed by atoms with Crippen molar-refractivity contribution in [3.8, 4) is 5.69 Å². The summed E-state index contributed by atoms with van der Waals surface area (Å²) in [7, 11) is 0. The molecule has 40 heavy (non-hydrogen) atoms. The Hall–Kier alpha value is -4.14. The average Bonchev–Trinajstić information content (AvgIpc) is 3.33. The van der Waals surface area contributed by atoms with Gasteiger partial charge < -0.3 is 15.5 Å². The van der Waals surface area contributed by atoms with Gasteiger partial charge >= 0.3 is 6.03 Å². The number of carbonyl (C=O) groups excluding carboxylic acids is 3. The summed E-state index contributed by atoms with van der Waals surface area (Å²) in [6.07, 6.45) is 2.78. The first-order valence-corrected chi connectivity index (χ1v) is 13.8. The van der Waals surface area contributed by atoms with E-state index in [1.807, 2.05) is 66.4 Å². The number of nitrogens with zero attached hydrogens (tertiary/aromatic N) is 3. The third-order valence-electron chi connectivity index (χ3n) is 7.19. The van der Waals surface area contributed by atoms with E-state index in [0.717, 1.165) is 36.2 Å². The Labute approximate surface area is 236 Å². The molecule has 0 bridgehead atoms. The summed E-state index contributed by atoms with van der Waals surface area (Å²) in [5, 5.41) is 13.2. The van der Waals surface area contributed by atoms with Gasteiger partial charge in [0.25, 0.3) is 0 Å². The summed E-state index contributed by atoms with van der Waals surface area (Å²) in [5.74, 6) is 0.872. The van der Waals surface area contributed by atoms with Crippen LogP contribution in [-0.2, 0) is 21.4 Å². The molecule has 3 aromatic rings. The van der Waals surface area contributed by atoms with Gasteiger partial charge in [-0.25, -0.2) is 9.48 Å². The lowest BCUT2D eigenvalue weighted by Gasteiger charge is -2.32. The molecule has 0 aliphatic carbocycles. The third kappa shape index (κ3) is 7.71. The topological polar surface area (TPSA) is 108 Å². The van der Waals surface area contributed by atoms with Crippen molar-refractivity contribution in [2.75, 3.05) is 30.3 Å². The van der Waals surface area contributed by atoms with Crippen LogP contribution in [-0.4, -0.2) is 52.2 Å². The highest BCUT2D eigenvalue weighted by molar-refractivity contribution is 5.99. The molecule has 3 N–H and O–H groups in total. The van der Waals surface area contributed by atoms with Crippen LogP contribution in [0.2, 0.25) is 0 Å². The predicted molar refractivity (Wildman–Crippen MR) is 158 cm³/mol. The van der Waals surface area contributed by atoms with E-state index in [1.165, 1.54) is 12.5 Å². The van der Waals surface area contributed by atoms with Gasteiger partial charge in [-0.2, -0.15) is 5.10 Å². The van der Waals surface area contributed by atoms with Gasteiger partial charge in [0.05, 0.1) is 17.9 Å². The van der Waals surface area contributed by atoms with E-state index in [4.69, 9.17) is 5.10 Å². The second-order valence-electron chi connectivity index (χ2n) is 11.6. The molecule has 2 aromatic carbocycles. The molecule has 1 fully saturated rings. The summed E-state index contributed by atoms with van der Waals surface area (Å²) in [6.45, 7) is 11.2. The summed E-state index contributed by atoms with van der Waals surface area (Å²) in [4.78, 5) is 38.0. The molecule has 0 spiro atoms. The highest BCUT2D eigenvalue weighted by atomic mass is 16.2. The molecule has 0 atom stereocenters. The summed E-state index contributed by atoms with van der Waals surface area (Å²) < 4.78 is 1.77. The highest BCUT2D eigenvalue weighted by Gasteiger charge is 2.24. The van der Waals surface area contributed by atoms with Gasteiger partial charge in [0.1, 0.15) is 5.82 Å². The van der Waals surface area contributed by atoms with Crippen LogP contribution < -0.4 is 16.0 Å².